The molecular formula is C17H22N4. The molecule has 1 heterocycles. The molecule has 0 bridgehead atoms. The summed E-state index contributed by atoms with van der Waals surface area (Å²) >= 11 is 0. The smallest absolute Gasteiger partial charge is 0.223 e. The van der Waals surface area contributed by atoms with Crippen LogP contribution in [0.2, 0.25) is 0 Å². The van der Waals surface area contributed by atoms with E-state index in [1.807, 2.05) is 0 Å². The Balaban J connectivity index is 1.81. The van der Waals surface area contributed by atoms with E-state index in [9.17, 15) is 0 Å². The number of aromatic nitrogens is 3. The maximum atomic E-state index is 5.88. The van der Waals surface area contributed by atoms with Crippen molar-refractivity contribution in [2.45, 2.75) is 51.4 Å². The third-order valence-corrected chi connectivity index (χ3v) is 4.17. The predicted octanol–water partition coefficient (Wildman–Crippen LogP) is 3.40. The molecule has 1 aliphatic carbocycles. The summed E-state index contributed by atoms with van der Waals surface area (Å²) in [6.45, 7) is 2.09. The minimum Gasteiger partial charge on any atom is -0.368 e. The number of aryl methyl sites for hydroxylation is 1. The normalized spacial score (nSPS) is 16.0. The van der Waals surface area contributed by atoms with Gasteiger partial charge >= 0.3 is 0 Å². The van der Waals surface area contributed by atoms with Gasteiger partial charge in [-0.15, -0.1) is 0 Å². The number of benzene rings is 1. The standard InChI is InChI=1S/C17H22N4/c1-12-7-9-13(10-8-12)11-15-19-16(21-17(18)20-15)14-5-3-2-4-6-14/h7-10,14H,2-6,11H2,1H3,(H2,18,19,20,21). The molecule has 4 heteroatoms. The first-order chi connectivity index (χ1) is 10.2. The zero-order valence-electron chi connectivity index (χ0n) is 12.5. The first kappa shape index (κ1) is 14.0. The van der Waals surface area contributed by atoms with Crippen LogP contribution >= 0.6 is 0 Å². The van der Waals surface area contributed by atoms with Gasteiger partial charge in [0.05, 0.1) is 0 Å². The van der Waals surface area contributed by atoms with E-state index in [0.29, 0.717) is 18.3 Å². The lowest BCUT2D eigenvalue weighted by Crippen LogP contribution is -2.13. The first-order valence-corrected chi connectivity index (χ1v) is 7.76. The van der Waals surface area contributed by atoms with Crippen LogP contribution in [0, 0.1) is 6.92 Å². The molecular weight excluding hydrogens is 260 g/mol. The maximum absolute atomic E-state index is 5.88. The zero-order valence-corrected chi connectivity index (χ0v) is 12.5. The molecule has 2 aromatic rings. The molecule has 1 aromatic heterocycles. The van der Waals surface area contributed by atoms with E-state index in [4.69, 9.17) is 5.73 Å². The molecule has 21 heavy (non-hydrogen) atoms. The van der Waals surface area contributed by atoms with E-state index in [0.717, 1.165) is 11.6 Å². The van der Waals surface area contributed by atoms with Crippen molar-refractivity contribution in [2.24, 2.45) is 0 Å². The summed E-state index contributed by atoms with van der Waals surface area (Å²) in [7, 11) is 0. The van der Waals surface area contributed by atoms with Crippen LogP contribution in [0.25, 0.3) is 0 Å². The zero-order chi connectivity index (χ0) is 14.7. The average molecular weight is 282 g/mol. The number of nitrogen functional groups attached to an aromatic ring is 1. The number of anilines is 1. The van der Waals surface area contributed by atoms with Crippen LogP contribution < -0.4 is 5.73 Å². The Morgan fingerprint density at radius 1 is 1.00 bits per heavy atom. The fourth-order valence-electron chi connectivity index (χ4n) is 2.97. The maximum Gasteiger partial charge on any atom is 0.223 e. The van der Waals surface area contributed by atoms with Crippen LogP contribution in [0.5, 0.6) is 0 Å². The summed E-state index contributed by atoms with van der Waals surface area (Å²) in [4.78, 5) is 13.3. The third kappa shape index (κ3) is 3.57. The van der Waals surface area contributed by atoms with Crippen LogP contribution in [0.3, 0.4) is 0 Å². The topological polar surface area (TPSA) is 64.7 Å². The predicted molar refractivity (Wildman–Crippen MR) is 84.1 cm³/mol. The molecule has 110 valence electrons. The summed E-state index contributed by atoms with van der Waals surface area (Å²) in [6, 6.07) is 8.47. The van der Waals surface area contributed by atoms with Gasteiger partial charge in [-0.3, -0.25) is 0 Å². The molecule has 0 atom stereocenters. The highest BCUT2D eigenvalue weighted by atomic mass is 15.1. The van der Waals surface area contributed by atoms with E-state index in [2.05, 4.69) is 46.1 Å². The van der Waals surface area contributed by atoms with Gasteiger partial charge in [-0.2, -0.15) is 9.97 Å². The van der Waals surface area contributed by atoms with Gasteiger partial charge in [0.1, 0.15) is 11.6 Å². The minimum atomic E-state index is 0.354. The summed E-state index contributed by atoms with van der Waals surface area (Å²) < 4.78 is 0. The van der Waals surface area contributed by atoms with Crippen molar-refractivity contribution < 1.29 is 0 Å². The van der Waals surface area contributed by atoms with Gasteiger partial charge < -0.3 is 5.73 Å². The minimum absolute atomic E-state index is 0.354. The Hall–Kier alpha value is -1.97. The SMILES string of the molecule is Cc1ccc(Cc2nc(N)nc(C3CCCCC3)n2)cc1. The second kappa shape index (κ2) is 6.20. The molecule has 3 rings (SSSR count). The van der Waals surface area contributed by atoms with Gasteiger partial charge in [-0.05, 0) is 25.3 Å². The van der Waals surface area contributed by atoms with Crippen molar-refractivity contribution in [2.75, 3.05) is 5.73 Å². The highest BCUT2D eigenvalue weighted by Crippen LogP contribution is 2.30. The second-order valence-corrected chi connectivity index (χ2v) is 5.97. The van der Waals surface area contributed by atoms with Crippen molar-refractivity contribution in [3.05, 3.63) is 47.0 Å². The second-order valence-electron chi connectivity index (χ2n) is 5.97. The highest BCUT2D eigenvalue weighted by Gasteiger charge is 2.19. The van der Waals surface area contributed by atoms with E-state index in [1.165, 1.54) is 43.2 Å². The van der Waals surface area contributed by atoms with Gasteiger partial charge in [-0.25, -0.2) is 4.98 Å². The molecule has 0 radical (unpaired) electrons. The fraction of sp³-hybridized carbons (Fsp3) is 0.471. The third-order valence-electron chi connectivity index (χ3n) is 4.17. The molecule has 0 unspecified atom stereocenters. The molecule has 0 amide bonds. The summed E-state index contributed by atoms with van der Waals surface area (Å²) in [5, 5.41) is 0. The Labute approximate surface area is 125 Å². The first-order valence-electron chi connectivity index (χ1n) is 7.76. The molecule has 1 aromatic carbocycles. The monoisotopic (exact) mass is 282 g/mol. The van der Waals surface area contributed by atoms with Gasteiger partial charge in [0, 0.05) is 12.3 Å². The van der Waals surface area contributed by atoms with Gasteiger partial charge in [0.15, 0.2) is 0 Å². The summed E-state index contributed by atoms with van der Waals surface area (Å²) in [5.41, 5.74) is 8.35. The molecule has 0 aliphatic heterocycles. The average Bonchev–Trinajstić information content (AvgIpc) is 2.50. The molecule has 2 N–H and O–H groups in total. The number of nitrogens with two attached hydrogens (primary N) is 1. The van der Waals surface area contributed by atoms with Gasteiger partial charge in [-0.1, -0.05) is 49.1 Å². The van der Waals surface area contributed by atoms with Gasteiger partial charge in [0.2, 0.25) is 5.95 Å². The van der Waals surface area contributed by atoms with Gasteiger partial charge in [0.25, 0.3) is 0 Å². The van der Waals surface area contributed by atoms with Crippen LogP contribution in [-0.4, -0.2) is 15.0 Å². The fourth-order valence-corrected chi connectivity index (χ4v) is 2.97. The quantitative estimate of drug-likeness (QED) is 0.937. The van der Waals surface area contributed by atoms with Crippen molar-refractivity contribution in [3.8, 4) is 0 Å². The van der Waals surface area contributed by atoms with E-state index < -0.39 is 0 Å². The van der Waals surface area contributed by atoms with Crippen LogP contribution in [0.4, 0.5) is 5.95 Å². The largest absolute Gasteiger partial charge is 0.368 e. The van der Waals surface area contributed by atoms with Crippen LogP contribution in [-0.2, 0) is 6.42 Å². The molecule has 4 nitrogen and oxygen atoms in total. The van der Waals surface area contributed by atoms with Crippen molar-refractivity contribution >= 4 is 5.95 Å². The van der Waals surface area contributed by atoms with E-state index in [-0.39, 0.29) is 0 Å². The van der Waals surface area contributed by atoms with E-state index in [1.54, 1.807) is 0 Å². The summed E-state index contributed by atoms with van der Waals surface area (Å²) in [6.07, 6.45) is 6.92. The molecule has 0 spiro atoms. The molecule has 0 saturated heterocycles. The Morgan fingerprint density at radius 2 is 1.71 bits per heavy atom. The number of hydrogen-bond donors (Lipinski definition) is 1. The lowest BCUT2D eigenvalue weighted by Gasteiger charge is -2.20. The van der Waals surface area contributed by atoms with Crippen molar-refractivity contribution in [1.82, 2.24) is 15.0 Å². The van der Waals surface area contributed by atoms with Crippen LogP contribution in [0.1, 0.15) is 60.8 Å². The van der Waals surface area contributed by atoms with Crippen molar-refractivity contribution in [3.63, 3.8) is 0 Å². The summed E-state index contributed by atoms with van der Waals surface area (Å²) in [5.74, 6) is 2.49. The Kier molecular flexibility index (Phi) is 4.13. The lowest BCUT2D eigenvalue weighted by atomic mass is 9.89. The molecule has 1 fully saturated rings. The molecule has 1 aliphatic rings. The highest BCUT2D eigenvalue weighted by molar-refractivity contribution is 5.26. The number of hydrogen-bond acceptors (Lipinski definition) is 4. The Morgan fingerprint density at radius 3 is 2.43 bits per heavy atom. The van der Waals surface area contributed by atoms with E-state index >= 15 is 0 Å². The molecule has 1 saturated carbocycles. The Bertz CT molecular complexity index is 601. The number of nitrogens with zero attached hydrogens (tertiary/aromatic N) is 3. The number of rotatable bonds is 3. The van der Waals surface area contributed by atoms with Crippen molar-refractivity contribution in [1.29, 1.82) is 0 Å². The lowest BCUT2D eigenvalue weighted by molar-refractivity contribution is 0.427. The van der Waals surface area contributed by atoms with Crippen LogP contribution in [0.15, 0.2) is 24.3 Å².